The molecule has 1 aliphatic rings. The van der Waals surface area contributed by atoms with Crippen molar-refractivity contribution in [3.8, 4) is 0 Å². The highest BCUT2D eigenvalue weighted by molar-refractivity contribution is 5.67. The molecule has 0 radical (unpaired) electrons. The highest BCUT2D eigenvalue weighted by Crippen LogP contribution is 2.20. The van der Waals surface area contributed by atoms with Crippen LogP contribution in [0.2, 0.25) is 0 Å². The van der Waals surface area contributed by atoms with Gasteiger partial charge in [0.05, 0.1) is 0 Å². The molecular weight excluding hydrogens is 259 g/mol. The molecule has 6 heteroatoms. The summed E-state index contributed by atoms with van der Waals surface area (Å²) < 4.78 is 40.3. The maximum absolute atomic E-state index is 12.0. The number of alkyl halides is 3. The van der Waals surface area contributed by atoms with E-state index in [2.05, 4.69) is 4.74 Å². The second kappa shape index (κ2) is 5.50. The quantitative estimate of drug-likeness (QED) is 0.786. The summed E-state index contributed by atoms with van der Waals surface area (Å²) in [5.41, 5.74) is 2.09. The van der Waals surface area contributed by atoms with Gasteiger partial charge in [0, 0.05) is 13.1 Å². The van der Waals surface area contributed by atoms with Gasteiger partial charge in [-0.2, -0.15) is 13.2 Å². The Morgan fingerprint density at radius 3 is 2.63 bits per heavy atom. The highest BCUT2D eigenvalue weighted by atomic mass is 19.4. The normalized spacial score (nSPS) is 15.6. The molecule has 1 amide bonds. The van der Waals surface area contributed by atoms with E-state index in [0.717, 1.165) is 24.0 Å². The van der Waals surface area contributed by atoms with Gasteiger partial charge >= 0.3 is 12.3 Å². The van der Waals surface area contributed by atoms with Crippen molar-refractivity contribution in [1.82, 2.24) is 4.90 Å². The summed E-state index contributed by atoms with van der Waals surface area (Å²) >= 11 is 0. The van der Waals surface area contributed by atoms with Crippen molar-refractivity contribution in [1.29, 1.82) is 0 Å². The Balaban J connectivity index is 2.00. The lowest BCUT2D eigenvalue weighted by Crippen LogP contribution is -2.33. The highest BCUT2D eigenvalue weighted by Gasteiger charge is 2.31. The third kappa shape index (κ3) is 3.87. The number of benzene rings is 1. The fourth-order valence-corrected chi connectivity index (χ4v) is 2.09. The van der Waals surface area contributed by atoms with E-state index in [1.807, 2.05) is 24.3 Å². The second-order valence-electron chi connectivity index (χ2n) is 4.46. The maximum Gasteiger partial charge on any atom is 0.422 e. The van der Waals surface area contributed by atoms with Gasteiger partial charge in [-0.3, -0.25) is 0 Å². The molecule has 0 aromatic heterocycles. The summed E-state index contributed by atoms with van der Waals surface area (Å²) in [6.45, 7) is -0.831. The van der Waals surface area contributed by atoms with Crippen molar-refractivity contribution < 1.29 is 22.7 Å². The molecule has 0 saturated heterocycles. The lowest BCUT2D eigenvalue weighted by molar-refractivity contribution is -0.162. The fourth-order valence-electron chi connectivity index (χ4n) is 2.09. The van der Waals surface area contributed by atoms with Crippen LogP contribution < -0.4 is 0 Å². The minimum Gasteiger partial charge on any atom is -0.440 e. The van der Waals surface area contributed by atoms with Crippen molar-refractivity contribution in [3.05, 3.63) is 35.4 Å². The van der Waals surface area contributed by atoms with Gasteiger partial charge < -0.3 is 9.64 Å². The third-order valence-corrected chi connectivity index (χ3v) is 2.97. The summed E-state index contributed by atoms with van der Waals surface area (Å²) in [6.07, 6.45) is -3.86. The first-order valence-electron chi connectivity index (χ1n) is 6.01. The van der Waals surface area contributed by atoms with Gasteiger partial charge in [-0.1, -0.05) is 24.3 Å². The molecule has 0 saturated carbocycles. The van der Waals surface area contributed by atoms with Crippen LogP contribution in [0.15, 0.2) is 24.3 Å². The zero-order valence-electron chi connectivity index (χ0n) is 10.2. The summed E-state index contributed by atoms with van der Waals surface area (Å²) in [5.74, 6) is 0. The van der Waals surface area contributed by atoms with E-state index in [9.17, 15) is 18.0 Å². The Hall–Kier alpha value is -1.72. The summed E-state index contributed by atoms with van der Waals surface area (Å²) in [6, 6.07) is 7.62. The van der Waals surface area contributed by atoms with Crippen LogP contribution in [0.4, 0.5) is 18.0 Å². The largest absolute Gasteiger partial charge is 0.440 e. The number of nitrogens with zero attached hydrogens (tertiary/aromatic N) is 1. The first-order chi connectivity index (χ1) is 8.96. The molecule has 0 atom stereocenters. The van der Waals surface area contributed by atoms with Gasteiger partial charge in [0.15, 0.2) is 6.61 Å². The average Bonchev–Trinajstić information content (AvgIpc) is 2.57. The summed E-state index contributed by atoms with van der Waals surface area (Å²) in [5, 5.41) is 0. The van der Waals surface area contributed by atoms with E-state index in [0.29, 0.717) is 13.1 Å². The molecule has 0 bridgehead atoms. The van der Waals surface area contributed by atoms with Crippen molar-refractivity contribution in [2.75, 3.05) is 13.2 Å². The standard InChI is InChI=1S/C13H14F3NO2/c14-13(15,16)9-19-12(18)17-7-3-6-10-4-1-2-5-11(10)8-17/h1-2,4-5H,3,6-9H2. The van der Waals surface area contributed by atoms with Gasteiger partial charge in [0.2, 0.25) is 0 Å². The van der Waals surface area contributed by atoms with Gasteiger partial charge in [0.25, 0.3) is 0 Å². The molecule has 19 heavy (non-hydrogen) atoms. The van der Waals surface area contributed by atoms with Crippen LogP contribution in [-0.2, 0) is 17.7 Å². The number of carbonyl (C=O) groups is 1. The molecule has 0 N–H and O–H groups in total. The molecule has 2 rings (SSSR count). The molecule has 1 heterocycles. The van der Waals surface area contributed by atoms with E-state index in [4.69, 9.17) is 0 Å². The Kier molecular flexibility index (Phi) is 3.97. The zero-order valence-corrected chi connectivity index (χ0v) is 10.2. The molecule has 1 aromatic rings. The minimum atomic E-state index is -4.49. The fraction of sp³-hybridized carbons (Fsp3) is 0.462. The van der Waals surface area contributed by atoms with E-state index >= 15 is 0 Å². The van der Waals surface area contributed by atoms with E-state index < -0.39 is 18.9 Å². The third-order valence-electron chi connectivity index (χ3n) is 2.97. The van der Waals surface area contributed by atoms with Crippen LogP contribution in [0.5, 0.6) is 0 Å². The predicted octanol–water partition coefficient (Wildman–Crippen LogP) is 3.13. The number of carbonyl (C=O) groups excluding carboxylic acids is 1. The van der Waals surface area contributed by atoms with Gasteiger partial charge in [-0.05, 0) is 24.0 Å². The van der Waals surface area contributed by atoms with E-state index in [-0.39, 0.29) is 0 Å². The first-order valence-corrected chi connectivity index (χ1v) is 6.01. The SMILES string of the molecule is O=C(OCC(F)(F)F)N1CCCc2ccccc2C1. The number of hydrogen-bond donors (Lipinski definition) is 0. The Morgan fingerprint density at radius 1 is 1.26 bits per heavy atom. The van der Waals surface area contributed by atoms with Crippen LogP contribution >= 0.6 is 0 Å². The molecule has 104 valence electrons. The van der Waals surface area contributed by atoms with Crippen LogP contribution in [0, 0.1) is 0 Å². The van der Waals surface area contributed by atoms with E-state index in [1.165, 1.54) is 4.90 Å². The molecule has 3 nitrogen and oxygen atoms in total. The number of rotatable bonds is 1. The molecule has 0 spiro atoms. The predicted molar refractivity (Wildman–Crippen MR) is 62.6 cm³/mol. The number of hydrogen-bond acceptors (Lipinski definition) is 2. The number of halogens is 3. The molecule has 0 aliphatic carbocycles. The van der Waals surface area contributed by atoms with Gasteiger partial charge in [0.1, 0.15) is 0 Å². The topological polar surface area (TPSA) is 29.5 Å². The molecule has 1 aliphatic heterocycles. The monoisotopic (exact) mass is 273 g/mol. The Labute approximate surface area is 109 Å². The minimum absolute atomic E-state index is 0.298. The van der Waals surface area contributed by atoms with Gasteiger partial charge in [-0.15, -0.1) is 0 Å². The van der Waals surface area contributed by atoms with Crippen LogP contribution in [0.3, 0.4) is 0 Å². The number of amides is 1. The zero-order chi connectivity index (χ0) is 13.9. The maximum atomic E-state index is 12.0. The number of aryl methyl sites for hydroxylation is 1. The van der Waals surface area contributed by atoms with Crippen LogP contribution in [0.1, 0.15) is 17.5 Å². The summed E-state index contributed by atoms with van der Waals surface area (Å²) in [7, 11) is 0. The van der Waals surface area contributed by atoms with Crippen LogP contribution in [0.25, 0.3) is 0 Å². The average molecular weight is 273 g/mol. The summed E-state index contributed by atoms with van der Waals surface area (Å²) in [4.78, 5) is 12.9. The number of fused-ring (bicyclic) bond motifs is 1. The molecule has 0 fully saturated rings. The molecular formula is C13H14F3NO2. The number of ether oxygens (including phenoxy) is 1. The van der Waals surface area contributed by atoms with E-state index in [1.54, 1.807) is 0 Å². The molecule has 1 aromatic carbocycles. The van der Waals surface area contributed by atoms with Crippen molar-refractivity contribution in [3.63, 3.8) is 0 Å². The van der Waals surface area contributed by atoms with Gasteiger partial charge in [-0.25, -0.2) is 4.79 Å². The molecule has 0 unspecified atom stereocenters. The second-order valence-corrected chi connectivity index (χ2v) is 4.46. The first kappa shape index (κ1) is 13.7. The van der Waals surface area contributed by atoms with Crippen LogP contribution in [-0.4, -0.2) is 30.3 Å². The van der Waals surface area contributed by atoms with Crippen molar-refractivity contribution in [2.24, 2.45) is 0 Å². The lowest BCUT2D eigenvalue weighted by atomic mass is 10.0. The van der Waals surface area contributed by atoms with Crippen molar-refractivity contribution in [2.45, 2.75) is 25.6 Å². The smallest absolute Gasteiger partial charge is 0.422 e. The Bertz CT molecular complexity index is 459. The lowest BCUT2D eigenvalue weighted by Gasteiger charge is -2.20. The van der Waals surface area contributed by atoms with Crippen molar-refractivity contribution >= 4 is 6.09 Å². The Morgan fingerprint density at radius 2 is 1.95 bits per heavy atom.